The maximum Gasteiger partial charge on any atom is 0.293 e. The summed E-state index contributed by atoms with van der Waals surface area (Å²) in [7, 11) is 0. The van der Waals surface area contributed by atoms with Crippen LogP contribution in [0.5, 0.6) is 0 Å². The van der Waals surface area contributed by atoms with Crippen LogP contribution >= 0.6 is 11.6 Å². The highest BCUT2D eigenvalue weighted by atomic mass is 35.5. The second-order valence-corrected chi connectivity index (χ2v) is 6.01. The summed E-state index contributed by atoms with van der Waals surface area (Å²) in [6.45, 7) is 0.814. The molecule has 0 aromatic carbocycles. The summed E-state index contributed by atoms with van der Waals surface area (Å²) in [5.74, 6) is 2.38. The Morgan fingerprint density at radius 2 is 2.11 bits per heavy atom. The van der Waals surface area contributed by atoms with Crippen molar-refractivity contribution < 1.29 is 0 Å². The first-order valence-corrected chi connectivity index (χ1v) is 7.70. The molecule has 2 aliphatic carbocycles. The summed E-state index contributed by atoms with van der Waals surface area (Å²) in [6, 6.07) is 0.401. The van der Waals surface area contributed by atoms with Crippen molar-refractivity contribution in [3.63, 3.8) is 0 Å². The number of halogens is 1. The fourth-order valence-corrected chi connectivity index (χ4v) is 3.41. The third-order valence-corrected chi connectivity index (χ3v) is 4.75. The maximum absolute atomic E-state index is 12.2. The number of alkyl halides is 1. The van der Waals surface area contributed by atoms with Crippen LogP contribution in [0.3, 0.4) is 0 Å². The van der Waals surface area contributed by atoms with Crippen LogP contribution in [-0.2, 0) is 0 Å². The largest absolute Gasteiger partial charge is 0.365 e. The zero-order chi connectivity index (χ0) is 13.2. The van der Waals surface area contributed by atoms with Gasteiger partial charge in [0.15, 0.2) is 5.82 Å². The predicted molar refractivity (Wildman–Crippen MR) is 76.8 cm³/mol. The van der Waals surface area contributed by atoms with Crippen LogP contribution in [0.15, 0.2) is 17.2 Å². The van der Waals surface area contributed by atoms with Crippen LogP contribution in [0.1, 0.15) is 38.1 Å². The van der Waals surface area contributed by atoms with E-state index in [2.05, 4.69) is 10.3 Å². The molecule has 0 saturated heterocycles. The predicted octanol–water partition coefficient (Wildman–Crippen LogP) is 2.65. The van der Waals surface area contributed by atoms with E-state index in [0.29, 0.717) is 23.7 Å². The highest BCUT2D eigenvalue weighted by Gasteiger charge is 2.27. The highest BCUT2D eigenvalue weighted by molar-refractivity contribution is 6.18. The first-order chi connectivity index (χ1) is 9.29. The molecule has 2 fully saturated rings. The van der Waals surface area contributed by atoms with E-state index in [1.807, 2.05) is 4.57 Å². The van der Waals surface area contributed by atoms with E-state index >= 15 is 0 Å². The lowest BCUT2D eigenvalue weighted by atomic mass is 9.98. The minimum atomic E-state index is 0.0189. The topological polar surface area (TPSA) is 46.9 Å². The molecule has 0 bridgehead atoms. The van der Waals surface area contributed by atoms with Crippen molar-refractivity contribution in [3.8, 4) is 0 Å². The molecule has 0 spiro atoms. The maximum atomic E-state index is 12.2. The summed E-state index contributed by atoms with van der Waals surface area (Å²) >= 11 is 5.98. The number of nitrogens with zero attached hydrogens (tertiary/aromatic N) is 2. The van der Waals surface area contributed by atoms with Gasteiger partial charge < -0.3 is 9.88 Å². The Morgan fingerprint density at radius 1 is 1.32 bits per heavy atom. The van der Waals surface area contributed by atoms with Crippen LogP contribution in [0.25, 0.3) is 0 Å². The molecule has 3 rings (SSSR count). The monoisotopic (exact) mass is 281 g/mol. The molecule has 2 unspecified atom stereocenters. The molecule has 5 heteroatoms. The quantitative estimate of drug-likeness (QED) is 0.844. The van der Waals surface area contributed by atoms with Crippen LogP contribution < -0.4 is 10.9 Å². The Morgan fingerprint density at radius 3 is 2.84 bits per heavy atom. The highest BCUT2D eigenvalue weighted by Crippen LogP contribution is 2.34. The van der Waals surface area contributed by atoms with Gasteiger partial charge in [0.1, 0.15) is 0 Å². The van der Waals surface area contributed by atoms with Gasteiger partial charge in [-0.15, -0.1) is 11.6 Å². The fraction of sp³-hybridized carbons (Fsp3) is 0.714. The van der Waals surface area contributed by atoms with Crippen LogP contribution in [0.2, 0.25) is 0 Å². The lowest BCUT2D eigenvalue weighted by Gasteiger charge is -2.18. The molecular formula is C14H20ClN3O. The van der Waals surface area contributed by atoms with Gasteiger partial charge in [-0.3, -0.25) is 4.79 Å². The number of hydrogen-bond acceptors (Lipinski definition) is 3. The van der Waals surface area contributed by atoms with Gasteiger partial charge in [-0.2, -0.15) is 0 Å². The van der Waals surface area contributed by atoms with Crippen molar-refractivity contribution in [2.24, 2.45) is 11.8 Å². The first kappa shape index (κ1) is 13.0. The molecular weight excluding hydrogens is 262 g/mol. The Balaban J connectivity index is 1.66. The molecule has 1 aromatic heterocycles. The first-order valence-electron chi connectivity index (χ1n) is 7.16. The molecule has 2 aliphatic rings. The zero-order valence-corrected chi connectivity index (χ0v) is 11.8. The third-order valence-electron chi connectivity index (χ3n) is 4.35. The van der Waals surface area contributed by atoms with Crippen LogP contribution in [-0.4, -0.2) is 22.0 Å². The summed E-state index contributed by atoms with van der Waals surface area (Å²) < 4.78 is 1.81. The normalized spacial score (nSPS) is 26.6. The zero-order valence-electron chi connectivity index (χ0n) is 11.0. The number of hydrogen-bond donors (Lipinski definition) is 1. The fourth-order valence-electron chi connectivity index (χ4n) is 3.00. The van der Waals surface area contributed by atoms with Gasteiger partial charge in [0, 0.05) is 30.9 Å². The standard InChI is InChI=1S/C14H20ClN3O/c15-8-10-2-1-3-11(10)9-17-13-14(19)18(7-6-16-13)12-4-5-12/h6-7,10-12H,1-5,8-9H2,(H,16,17). The van der Waals surface area contributed by atoms with Crippen molar-refractivity contribution in [3.05, 3.63) is 22.7 Å². The number of aromatic nitrogens is 2. The lowest BCUT2D eigenvalue weighted by molar-refractivity contribution is 0.443. The smallest absolute Gasteiger partial charge is 0.293 e. The number of nitrogens with one attached hydrogen (secondary N) is 1. The molecule has 0 amide bonds. The van der Waals surface area contributed by atoms with Gasteiger partial charge in [0.05, 0.1) is 0 Å². The van der Waals surface area contributed by atoms with Crippen LogP contribution in [0.4, 0.5) is 5.82 Å². The van der Waals surface area contributed by atoms with Crippen LogP contribution in [0, 0.1) is 11.8 Å². The molecule has 1 aromatic rings. The molecule has 4 nitrogen and oxygen atoms in total. The molecule has 0 aliphatic heterocycles. The average Bonchev–Trinajstić information content (AvgIpc) is 3.16. The summed E-state index contributed by atoms with van der Waals surface area (Å²) in [5, 5.41) is 3.24. The van der Waals surface area contributed by atoms with Crippen molar-refractivity contribution in [1.82, 2.24) is 9.55 Å². The molecule has 19 heavy (non-hydrogen) atoms. The Bertz CT molecular complexity index is 498. The third kappa shape index (κ3) is 2.78. The van der Waals surface area contributed by atoms with E-state index in [-0.39, 0.29) is 5.56 Å². The van der Waals surface area contributed by atoms with Gasteiger partial charge >= 0.3 is 0 Å². The van der Waals surface area contributed by atoms with E-state index in [1.54, 1.807) is 12.4 Å². The van der Waals surface area contributed by atoms with E-state index in [0.717, 1.165) is 25.3 Å². The van der Waals surface area contributed by atoms with Gasteiger partial charge in [-0.25, -0.2) is 4.98 Å². The number of anilines is 1. The van der Waals surface area contributed by atoms with Crippen molar-refractivity contribution >= 4 is 17.4 Å². The van der Waals surface area contributed by atoms with E-state index in [1.165, 1.54) is 19.3 Å². The Kier molecular flexibility index (Phi) is 3.78. The summed E-state index contributed by atoms with van der Waals surface area (Å²) in [5.41, 5.74) is 0.0189. The van der Waals surface area contributed by atoms with Gasteiger partial charge in [-0.1, -0.05) is 6.42 Å². The van der Waals surface area contributed by atoms with Gasteiger partial charge in [0.25, 0.3) is 5.56 Å². The van der Waals surface area contributed by atoms with E-state index in [4.69, 9.17) is 11.6 Å². The van der Waals surface area contributed by atoms with Crippen molar-refractivity contribution in [1.29, 1.82) is 0 Å². The van der Waals surface area contributed by atoms with Crippen molar-refractivity contribution in [2.75, 3.05) is 17.7 Å². The lowest BCUT2D eigenvalue weighted by Crippen LogP contribution is -2.27. The van der Waals surface area contributed by atoms with E-state index in [9.17, 15) is 4.79 Å². The van der Waals surface area contributed by atoms with Gasteiger partial charge in [-0.05, 0) is 37.5 Å². The SMILES string of the molecule is O=c1c(NCC2CCCC2CCl)nccn1C1CC1. The minimum Gasteiger partial charge on any atom is -0.365 e. The second-order valence-electron chi connectivity index (χ2n) is 5.71. The molecule has 1 heterocycles. The summed E-state index contributed by atoms with van der Waals surface area (Å²) in [6.07, 6.45) is 9.40. The van der Waals surface area contributed by atoms with Gasteiger partial charge in [0.2, 0.25) is 0 Å². The van der Waals surface area contributed by atoms with E-state index < -0.39 is 0 Å². The number of rotatable bonds is 5. The average molecular weight is 282 g/mol. The second kappa shape index (κ2) is 5.53. The Labute approximate surface area is 118 Å². The molecule has 2 saturated carbocycles. The minimum absolute atomic E-state index is 0.0189. The summed E-state index contributed by atoms with van der Waals surface area (Å²) in [4.78, 5) is 16.4. The molecule has 104 valence electrons. The molecule has 0 radical (unpaired) electrons. The Hall–Kier alpha value is -1.03. The van der Waals surface area contributed by atoms with Crippen molar-refractivity contribution in [2.45, 2.75) is 38.1 Å². The molecule has 1 N–H and O–H groups in total. The molecule has 2 atom stereocenters.